The van der Waals surface area contributed by atoms with E-state index in [9.17, 15) is 0 Å². The number of halogens is 1. The van der Waals surface area contributed by atoms with Gasteiger partial charge in [0, 0.05) is 44.6 Å². The summed E-state index contributed by atoms with van der Waals surface area (Å²) < 4.78 is 5.64. The first kappa shape index (κ1) is 20.5. The van der Waals surface area contributed by atoms with Gasteiger partial charge in [0.2, 0.25) is 0 Å². The summed E-state index contributed by atoms with van der Waals surface area (Å²) in [6.07, 6.45) is 2.42. The van der Waals surface area contributed by atoms with Crippen LogP contribution in [0, 0.1) is 11.3 Å². The van der Waals surface area contributed by atoms with Crippen LogP contribution in [0.3, 0.4) is 0 Å². The van der Waals surface area contributed by atoms with Gasteiger partial charge in [0.1, 0.15) is 0 Å². The average Bonchev–Trinajstić information content (AvgIpc) is 3.22. The molecule has 2 heterocycles. The minimum Gasteiger partial charge on any atom is -0.381 e. The number of hydrogen-bond acceptors (Lipinski definition) is 2. The van der Waals surface area contributed by atoms with Crippen LogP contribution in [0.4, 0.5) is 0 Å². The smallest absolute Gasteiger partial charge is 0.193 e. The van der Waals surface area contributed by atoms with Gasteiger partial charge in [-0.3, -0.25) is 4.99 Å². The van der Waals surface area contributed by atoms with Gasteiger partial charge in [-0.15, -0.1) is 24.0 Å². The van der Waals surface area contributed by atoms with E-state index in [0.29, 0.717) is 17.3 Å². The van der Waals surface area contributed by atoms with Crippen LogP contribution in [0.5, 0.6) is 0 Å². The third-order valence-corrected chi connectivity index (χ3v) is 5.65. The largest absolute Gasteiger partial charge is 0.381 e. The molecule has 5 heteroatoms. The lowest BCUT2D eigenvalue weighted by Crippen LogP contribution is -2.43. The lowest BCUT2D eigenvalue weighted by Gasteiger charge is -2.28. The Balaban J connectivity index is 0.00000225. The SMILES string of the molecule is CN=C(NCC(c1ccccc1)C(C)C)N1CCC2(CCOC2)C1.I. The Bertz CT molecular complexity index is 555. The van der Waals surface area contributed by atoms with E-state index in [0.717, 1.165) is 38.8 Å². The third kappa shape index (κ3) is 4.88. The van der Waals surface area contributed by atoms with Crippen molar-refractivity contribution < 1.29 is 4.74 Å². The molecule has 2 unspecified atom stereocenters. The minimum atomic E-state index is 0. The molecule has 1 N–H and O–H groups in total. The Morgan fingerprint density at radius 3 is 2.64 bits per heavy atom. The van der Waals surface area contributed by atoms with Crippen molar-refractivity contribution in [3.05, 3.63) is 35.9 Å². The Kier molecular flexibility index (Phi) is 7.55. The first-order valence-corrected chi connectivity index (χ1v) is 9.22. The van der Waals surface area contributed by atoms with Crippen LogP contribution in [-0.2, 0) is 4.74 Å². The molecule has 0 aromatic heterocycles. The summed E-state index contributed by atoms with van der Waals surface area (Å²) in [5.41, 5.74) is 1.77. The van der Waals surface area contributed by atoms with E-state index < -0.39 is 0 Å². The highest BCUT2D eigenvalue weighted by Crippen LogP contribution is 2.38. The highest BCUT2D eigenvalue weighted by atomic mass is 127. The van der Waals surface area contributed by atoms with Gasteiger partial charge in [-0.1, -0.05) is 44.2 Å². The zero-order valence-corrected chi connectivity index (χ0v) is 18.0. The molecule has 2 saturated heterocycles. The quantitative estimate of drug-likeness (QED) is 0.426. The first-order chi connectivity index (χ1) is 11.6. The summed E-state index contributed by atoms with van der Waals surface area (Å²) in [5, 5.41) is 3.63. The van der Waals surface area contributed by atoms with E-state index in [4.69, 9.17) is 4.74 Å². The van der Waals surface area contributed by atoms with E-state index in [2.05, 4.69) is 59.4 Å². The lowest BCUT2D eigenvalue weighted by atomic mass is 9.87. The van der Waals surface area contributed by atoms with Crippen LogP contribution >= 0.6 is 24.0 Å². The number of ether oxygens (including phenoxy) is 1. The predicted octanol–water partition coefficient (Wildman–Crippen LogP) is 3.73. The molecule has 1 spiro atoms. The molecule has 2 fully saturated rings. The zero-order chi connectivity index (χ0) is 17.0. The Labute approximate surface area is 169 Å². The molecule has 0 radical (unpaired) electrons. The van der Waals surface area contributed by atoms with Gasteiger partial charge in [-0.25, -0.2) is 0 Å². The average molecular weight is 457 g/mol. The molecule has 0 amide bonds. The van der Waals surface area contributed by atoms with Gasteiger partial charge in [-0.2, -0.15) is 0 Å². The second-order valence-corrected chi connectivity index (χ2v) is 7.66. The lowest BCUT2D eigenvalue weighted by molar-refractivity contribution is 0.156. The molecular formula is C20H32IN3O. The third-order valence-electron chi connectivity index (χ3n) is 5.65. The van der Waals surface area contributed by atoms with Crippen molar-refractivity contribution in [1.29, 1.82) is 0 Å². The second-order valence-electron chi connectivity index (χ2n) is 7.66. The fourth-order valence-electron chi connectivity index (χ4n) is 4.06. The van der Waals surface area contributed by atoms with Crippen molar-refractivity contribution in [2.75, 3.05) is 39.9 Å². The summed E-state index contributed by atoms with van der Waals surface area (Å²) in [5.74, 6) is 2.13. The molecule has 2 aliphatic heterocycles. The Morgan fingerprint density at radius 1 is 1.28 bits per heavy atom. The fraction of sp³-hybridized carbons (Fsp3) is 0.650. The normalized spacial score (nSPS) is 24.6. The molecule has 1 aromatic carbocycles. The molecule has 25 heavy (non-hydrogen) atoms. The molecule has 4 nitrogen and oxygen atoms in total. The first-order valence-electron chi connectivity index (χ1n) is 9.22. The number of benzene rings is 1. The number of likely N-dealkylation sites (tertiary alicyclic amines) is 1. The maximum absolute atomic E-state index is 5.64. The monoisotopic (exact) mass is 457 g/mol. The van der Waals surface area contributed by atoms with Crippen molar-refractivity contribution in [3.8, 4) is 0 Å². The molecule has 3 rings (SSSR count). The van der Waals surface area contributed by atoms with E-state index in [1.54, 1.807) is 0 Å². The topological polar surface area (TPSA) is 36.9 Å². The molecule has 0 bridgehead atoms. The zero-order valence-electron chi connectivity index (χ0n) is 15.7. The molecule has 140 valence electrons. The van der Waals surface area contributed by atoms with Gasteiger partial charge in [0.25, 0.3) is 0 Å². The van der Waals surface area contributed by atoms with Crippen LogP contribution in [0.25, 0.3) is 0 Å². The van der Waals surface area contributed by atoms with Crippen LogP contribution in [0.2, 0.25) is 0 Å². The molecule has 0 saturated carbocycles. The summed E-state index contributed by atoms with van der Waals surface area (Å²) in [7, 11) is 1.89. The van der Waals surface area contributed by atoms with E-state index >= 15 is 0 Å². The summed E-state index contributed by atoms with van der Waals surface area (Å²) in [6, 6.07) is 10.8. The van der Waals surface area contributed by atoms with Crippen LogP contribution < -0.4 is 5.32 Å². The Morgan fingerprint density at radius 2 is 2.04 bits per heavy atom. The van der Waals surface area contributed by atoms with Crippen molar-refractivity contribution in [2.45, 2.75) is 32.6 Å². The van der Waals surface area contributed by atoms with Crippen molar-refractivity contribution in [3.63, 3.8) is 0 Å². The van der Waals surface area contributed by atoms with Crippen LogP contribution in [0.15, 0.2) is 35.3 Å². The second kappa shape index (κ2) is 9.21. The number of aliphatic imine (C=N–C) groups is 1. The standard InChI is InChI=1S/C20H31N3O.HI/c1-16(2)18(17-7-5-4-6-8-17)13-22-19(21-3)23-11-9-20(14-23)10-12-24-15-20;/h4-8,16,18H,9-15H2,1-3H3,(H,21,22);1H. The molecular weight excluding hydrogens is 425 g/mol. The van der Waals surface area contributed by atoms with E-state index in [1.807, 2.05) is 7.05 Å². The van der Waals surface area contributed by atoms with Gasteiger partial charge >= 0.3 is 0 Å². The predicted molar refractivity (Wildman–Crippen MR) is 115 cm³/mol. The highest BCUT2D eigenvalue weighted by Gasteiger charge is 2.42. The molecule has 0 aliphatic carbocycles. The van der Waals surface area contributed by atoms with E-state index in [-0.39, 0.29) is 24.0 Å². The summed E-state index contributed by atoms with van der Waals surface area (Å²) in [4.78, 5) is 6.95. The number of rotatable bonds is 4. The van der Waals surface area contributed by atoms with Crippen molar-refractivity contribution >= 4 is 29.9 Å². The van der Waals surface area contributed by atoms with Gasteiger partial charge in [0.15, 0.2) is 5.96 Å². The number of guanidine groups is 1. The molecule has 1 aromatic rings. The highest BCUT2D eigenvalue weighted by molar-refractivity contribution is 14.0. The summed E-state index contributed by atoms with van der Waals surface area (Å²) in [6.45, 7) is 9.51. The van der Waals surface area contributed by atoms with Crippen LogP contribution in [-0.4, -0.2) is 50.8 Å². The van der Waals surface area contributed by atoms with Crippen molar-refractivity contribution in [1.82, 2.24) is 10.2 Å². The Hall–Kier alpha value is -0.820. The fourth-order valence-corrected chi connectivity index (χ4v) is 4.06. The minimum absolute atomic E-state index is 0. The molecule has 2 atom stereocenters. The number of nitrogens with zero attached hydrogens (tertiary/aromatic N) is 2. The number of hydrogen-bond donors (Lipinski definition) is 1. The van der Waals surface area contributed by atoms with Crippen molar-refractivity contribution in [2.24, 2.45) is 16.3 Å². The van der Waals surface area contributed by atoms with E-state index in [1.165, 1.54) is 18.4 Å². The molecule has 2 aliphatic rings. The van der Waals surface area contributed by atoms with Crippen LogP contribution in [0.1, 0.15) is 38.2 Å². The maximum Gasteiger partial charge on any atom is 0.193 e. The van der Waals surface area contributed by atoms with Gasteiger partial charge in [0.05, 0.1) is 6.61 Å². The van der Waals surface area contributed by atoms with Gasteiger partial charge in [-0.05, 0) is 24.3 Å². The van der Waals surface area contributed by atoms with Gasteiger partial charge < -0.3 is 15.0 Å². The summed E-state index contributed by atoms with van der Waals surface area (Å²) >= 11 is 0. The maximum atomic E-state index is 5.64. The number of nitrogens with one attached hydrogen (secondary N) is 1.